The Morgan fingerprint density at radius 1 is 1.08 bits per heavy atom. The Hall–Kier alpha value is -1.04. The number of rotatable bonds is 9. The number of halogens is 2. The molecule has 0 heterocycles. The van der Waals surface area contributed by atoms with E-state index in [1.165, 1.54) is 11.1 Å². The van der Waals surface area contributed by atoms with Crippen molar-refractivity contribution >= 4 is 31.9 Å². The van der Waals surface area contributed by atoms with E-state index in [0.29, 0.717) is 6.61 Å². The largest absolute Gasteiger partial charge is 0.496 e. The maximum Gasteiger partial charge on any atom is 0.147 e. The van der Waals surface area contributed by atoms with Gasteiger partial charge in [-0.25, -0.2) is 0 Å². The monoisotopic (exact) mass is 455 g/mol. The third kappa shape index (κ3) is 5.50. The molecular weight excluding hydrogens is 434 g/mol. The Morgan fingerprint density at radius 2 is 1.79 bits per heavy atom. The van der Waals surface area contributed by atoms with Crippen molar-refractivity contribution in [3.63, 3.8) is 0 Å². The second-order valence-electron chi connectivity index (χ2n) is 5.48. The van der Waals surface area contributed by atoms with Crippen LogP contribution in [0.4, 0.5) is 0 Å². The van der Waals surface area contributed by atoms with Gasteiger partial charge in [-0.1, -0.05) is 25.1 Å². The lowest BCUT2D eigenvalue weighted by atomic mass is 10.1. The molecule has 0 aliphatic carbocycles. The first-order chi connectivity index (χ1) is 11.7. The van der Waals surface area contributed by atoms with Crippen molar-refractivity contribution in [2.75, 3.05) is 20.3 Å². The Bertz CT molecular complexity index is 639. The van der Waals surface area contributed by atoms with Crippen molar-refractivity contribution in [3.8, 4) is 11.5 Å². The maximum atomic E-state index is 5.75. The smallest absolute Gasteiger partial charge is 0.147 e. The van der Waals surface area contributed by atoms with Crippen LogP contribution in [-0.2, 0) is 13.0 Å². The molecule has 0 radical (unpaired) electrons. The number of ether oxygens (including phenoxy) is 2. The number of methoxy groups -OCH3 is 1. The molecule has 0 unspecified atom stereocenters. The molecule has 0 atom stereocenters. The van der Waals surface area contributed by atoms with Crippen LogP contribution in [0, 0.1) is 0 Å². The van der Waals surface area contributed by atoms with Crippen molar-refractivity contribution in [1.29, 1.82) is 0 Å². The Morgan fingerprint density at radius 3 is 2.46 bits per heavy atom. The highest BCUT2D eigenvalue weighted by Crippen LogP contribution is 2.34. The van der Waals surface area contributed by atoms with Gasteiger partial charge in [-0.3, -0.25) is 0 Å². The highest BCUT2D eigenvalue weighted by molar-refractivity contribution is 9.11. The molecule has 0 aromatic heterocycles. The first kappa shape index (κ1) is 19.3. The summed E-state index contributed by atoms with van der Waals surface area (Å²) in [5, 5.41) is 3.48. The second kappa shape index (κ2) is 10.1. The van der Waals surface area contributed by atoms with E-state index in [2.05, 4.69) is 62.3 Å². The van der Waals surface area contributed by atoms with Crippen LogP contribution in [0.3, 0.4) is 0 Å². The Labute approximate surface area is 161 Å². The molecule has 0 amide bonds. The van der Waals surface area contributed by atoms with Crippen LogP contribution < -0.4 is 14.8 Å². The molecule has 0 spiro atoms. The van der Waals surface area contributed by atoms with Gasteiger partial charge in [0.05, 0.1) is 22.7 Å². The average Bonchev–Trinajstić information content (AvgIpc) is 2.58. The minimum atomic E-state index is 0.716. The zero-order chi connectivity index (χ0) is 17.4. The topological polar surface area (TPSA) is 30.5 Å². The van der Waals surface area contributed by atoms with Crippen LogP contribution in [-0.4, -0.2) is 20.3 Å². The molecule has 24 heavy (non-hydrogen) atoms. The normalized spacial score (nSPS) is 10.7. The summed E-state index contributed by atoms with van der Waals surface area (Å²) in [4.78, 5) is 0. The molecule has 5 heteroatoms. The lowest BCUT2D eigenvalue weighted by Gasteiger charge is -2.13. The van der Waals surface area contributed by atoms with Gasteiger partial charge in [-0.2, -0.15) is 0 Å². The highest BCUT2D eigenvalue weighted by Gasteiger charge is 2.09. The highest BCUT2D eigenvalue weighted by atomic mass is 79.9. The van der Waals surface area contributed by atoms with E-state index in [1.54, 1.807) is 7.11 Å². The molecule has 0 aliphatic rings. The first-order valence-electron chi connectivity index (χ1n) is 8.09. The summed E-state index contributed by atoms with van der Waals surface area (Å²) in [6.07, 6.45) is 1.93. The summed E-state index contributed by atoms with van der Waals surface area (Å²) in [5.41, 5.74) is 2.43. The van der Waals surface area contributed by atoms with E-state index >= 15 is 0 Å². The molecule has 1 N–H and O–H groups in total. The van der Waals surface area contributed by atoms with E-state index < -0.39 is 0 Å². The van der Waals surface area contributed by atoms with Gasteiger partial charge in [0.2, 0.25) is 0 Å². The zero-order valence-electron chi connectivity index (χ0n) is 14.1. The molecule has 0 aliphatic heterocycles. The summed E-state index contributed by atoms with van der Waals surface area (Å²) >= 11 is 7.19. The molecule has 0 bridgehead atoms. The Balaban J connectivity index is 1.88. The standard InChI is InChI=1S/C19H23Br2NO2/c1-3-10-24-19-16(20)11-14(12-17(19)21)13-22-9-8-15-6-4-5-7-18(15)23-2/h4-7,11-12,22H,3,8-10,13H2,1-2H3. The number of hydrogen-bond donors (Lipinski definition) is 1. The molecule has 130 valence electrons. The quantitative estimate of drug-likeness (QED) is 0.516. The van der Waals surface area contributed by atoms with Crippen LogP contribution in [0.5, 0.6) is 11.5 Å². The number of benzene rings is 2. The molecule has 0 fully saturated rings. The lowest BCUT2D eigenvalue weighted by Crippen LogP contribution is -2.17. The summed E-state index contributed by atoms with van der Waals surface area (Å²) in [6.45, 7) is 4.51. The fraction of sp³-hybridized carbons (Fsp3) is 0.368. The predicted octanol–water partition coefficient (Wildman–Crippen LogP) is 5.34. The average molecular weight is 457 g/mol. The van der Waals surface area contributed by atoms with E-state index in [9.17, 15) is 0 Å². The maximum absolute atomic E-state index is 5.75. The van der Waals surface area contributed by atoms with Crippen LogP contribution >= 0.6 is 31.9 Å². The van der Waals surface area contributed by atoms with Crippen molar-refractivity contribution in [1.82, 2.24) is 5.32 Å². The van der Waals surface area contributed by atoms with E-state index in [1.807, 2.05) is 18.2 Å². The van der Waals surface area contributed by atoms with Crippen molar-refractivity contribution in [2.24, 2.45) is 0 Å². The van der Waals surface area contributed by atoms with Crippen LogP contribution in [0.25, 0.3) is 0 Å². The van der Waals surface area contributed by atoms with Gasteiger partial charge in [-0.15, -0.1) is 0 Å². The number of hydrogen-bond acceptors (Lipinski definition) is 3. The fourth-order valence-corrected chi connectivity index (χ4v) is 3.93. The first-order valence-corrected chi connectivity index (χ1v) is 9.67. The third-order valence-electron chi connectivity index (χ3n) is 3.60. The van der Waals surface area contributed by atoms with Crippen molar-refractivity contribution in [3.05, 3.63) is 56.5 Å². The van der Waals surface area contributed by atoms with E-state index in [-0.39, 0.29) is 0 Å². The SMILES string of the molecule is CCCOc1c(Br)cc(CNCCc2ccccc2OC)cc1Br. The molecule has 0 saturated heterocycles. The van der Waals surface area contributed by atoms with Crippen LogP contribution in [0.15, 0.2) is 45.3 Å². The molecular formula is C19H23Br2NO2. The van der Waals surface area contributed by atoms with Gasteiger partial charge in [0.1, 0.15) is 11.5 Å². The van der Waals surface area contributed by atoms with Crippen LogP contribution in [0.1, 0.15) is 24.5 Å². The number of para-hydroxylation sites is 1. The summed E-state index contributed by atoms with van der Waals surface area (Å²) < 4.78 is 13.1. The van der Waals surface area contributed by atoms with Crippen molar-refractivity contribution in [2.45, 2.75) is 26.3 Å². The van der Waals surface area contributed by atoms with Crippen molar-refractivity contribution < 1.29 is 9.47 Å². The molecule has 3 nitrogen and oxygen atoms in total. The van der Waals surface area contributed by atoms with E-state index in [4.69, 9.17) is 9.47 Å². The minimum Gasteiger partial charge on any atom is -0.496 e. The summed E-state index contributed by atoms with van der Waals surface area (Å²) in [5.74, 6) is 1.82. The van der Waals surface area contributed by atoms with Gasteiger partial charge in [-0.05, 0) is 80.6 Å². The summed E-state index contributed by atoms with van der Waals surface area (Å²) in [6, 6.07) is 12.3. The van der Waals surface area contributed by atoms with Gasteiger partial charge >= 0.3 is 0 Å². The minimum absolute atomic E-state index is 0.716. The molecule has 2 rings (SSSR count). The predicted molar refractivity (Wildman–Crippen MR) is 106 cm³/mol. The molecule has 2 aromatic carbocycles. The van der Waals surface area contributed by atoms with Gasteiger partial charge in [0, 0.05) is 6.54 Å². The van der Waals surface area contributed by atoms with Gasteiger partial charge in [0.15, 0.2) is 0 Å². The molecule has 0 saturated carbocycles. The second-order valence-corrected chi connectivity index (χ2v) is 7.18. The third-order valence-corrected chi connectivity index (χ3v) is 4.78. The fourth-order valence-electron chi connectivity index (χ4n) is 2.42. The summed E-state index contributed by atoms with van der Waals surface area (Å²) in [7, 11) is 1.71. The van der Waals surface area contributed by atoms with Crippen LogP contribution in [0.2, 0.25) is 0 Å². The van der Waals surface area contributed by atoms with Gasteiger partial charge < -0.3 is 14.8 Å². The Kier molecular flexibility index (Phi) is 8.09. The van der Waals surface area contributed by atoms with E-state index in [0.717, 1.165) is 46.4 Å². The zero-order valence-corrected chi connectivity index (χ0v) is 17.2. The molecule has 2 aromatic rings. The van der Waals surface area contributed by atoms with Gasteiger partial charge in [0.25, 0.3) is 0 Å². The lowest BCUT2D eigenvalue weighted by molar-refractivity contribution is 0.313. The number of nitrogens with one attached hydrogen (secondary N) is 1.